The summed E-state index contributed by atoms with van der Waals surface area (Å²) < 4.78 is 0. The van der Waals surface area contributed by atoms with Crippen LogP contribution in [0.25, 0.3) is 0 Å². The average Bonchev–Trinajstić information content (AvgIpc) is 1.99. The Labute approximate surface area is 80.5 Å². The fraction of sp³-hybridized carbons (Fsp3) is 1.00. The third-order valence-corrected chi connectivity index (χ3v) is 4.90. The summed E-state index contributed by atoms with van der Waals surface area (Å²) in [6.45, 7) is 2.32. The third-order valence-electron chi connectivity index (χ3n) is 4.90. The molecule has 0 aromatic carbocycles. The summed E-state index contributed by atoms with van der Waals surface area (Å²) in [6.07, 6.45) is 8.90. The second-order valence-corrected chi connectivity index (χ2v) is 6.04. The van der Waals surface area contributed by atoms with E-state index in [1.807, 2.05) is 0 Å². The predicted octanol–water partition coefficient (Wildman–Crippen LogP) is 2.73. The fourth-order valence-electron chi connectivity index (χ4n) is 4.82. The normalized spacial score (nSPS) is 58.6. The van der Waals surface area contributed by atoms with Crippen molar-refractivity contribution in [3.8, 4) is 0 Å². The van der Waals surface area contributed by atoms with Crippen LogP contribution in [0.3, 0.4) is 0 Å². The van der Waals surface area contributed by atoms with E-state index in [0.29, 0.717) is 5.41 Å². The fourth-order valence-corrected chi connectivity index (χ4v) is 4.82. The molecule has 1 heteroatoms. The van der Waals surface area contributed by atoms with Gasteiger partial charge in [0.15, 0.2) is 0 Å². The van der Waals surface area contributed by atoms with Crippen LogP contribution in [0.2, 0.25) is 0 Å². The molecule has 13 heavy (non-hydrogen) atoms. The molecule has 0 saturated heterocycles. The van der Waals surface area contributed by atoms with Crippen LogP contribution in [-0.2, 0) is 0 Å². The first-order valence-electron chi connectivity index (χ1n) is 5.86. The van der Waals surface area contributed by atoms with E-state index in [9.17, 15) is 5.11 Å². The van der Waals surface area contributed by atoms with Gasteiger partial charge in [-0.25, -0.2) is 0 Å². The van der Waals surface area contributed by atoms with Crippen molar-refractivity contribution in [2.45, 2.75) is 57.5 Å². The predicted molar refractivity (Wildman–Crippen MR) is 52.4 cm³/mol. The average molecular weight is 180 g/mol. The third kappa shape index (κ3) is 1.09. The van der Waals surface area contributed by atoms with E-state index in [1.165, 1.54) is 25.7 Å². The SMILES string of the molecule is CCC12C[C@@H]3C[C@H](CC(O)(C3)C1)C2. The molecule has 0 aromatic heterocycles. The summed E-state index contributed by atoms with van der Waals surface area (Å²) in [5.74, 6) is 1.73. The molecule has 1 nitrogen and oxygen atoms in total. The van der Waals surface area contributed by atoms with Crippen molar-refractivity contribution < 1.29 is 5.11 Å². The van der Waals surface area contributed by atoms with Gasteiger partial charge in [-0.2, -0.15) is 0 Å². The quantitative estimate of drug-likeness (QED) is 0.658. The summed E-state index contributed by atoms with van der Waals surface area (Å²) in [6, 6.07) is 0. The molecule has 1 N–H and O–H groups in total. The van der Waals surface area contributed by atoms with Crippen molar-refractivity contribution in [2.75, 3.05) is 0 Å². The first kappa shape index (κ1) is 8.28. The van der Waals surface area contributed by atoms with Crippen LogP contribution >= 0.6 is 0 Å². The maximum Gasteiger partial charge on any atom is 0.0658 e. The van der Waals surface area contributed by atoms with Gasteiger partial charge in [0, 0.05) is 0 Å². The summed E-state index contributed by atoms with van der Waals surface area (Å²) in [4.78, 5) is 0. The van der Waals surface area contributed by atoms with Crippen LogP contribution in [-0.4, -0.2) is 10.7 Å². The molecular weight excluding hydrogens is 160 g/mol. The second-order valence-electron chi connectivity index (χ2n) is 6.04. The van der Waals surface area contributed by atoms with Gasteiger partial charge in [0.25, 0.3) is 0 Å². The lowest BCUT2D eigenvalue weighted by molar-refractivity contribution is -0.164. The lowest BCUT2D eigenvalue weighted by Gasteiger charge is -2.60. The Kier molecular flexibility index (Phi) is 1.47. The van der Waals surface area contributed by atoms with E-state index in [4.69, 9.17) is 0 Å². The monoisotopic (exact) mass is 180 g/mol. The van der Waals surface area contributed by atoms with Gasteiger partial charge in [-0.15, -0.1) is 0 Å². The van der Waals surface area contributed by atoms with Gasteiger partial charge in [-0.1, -0.05) is 13.3 Å². The molecule has 4 aliphatic carbocycles. The molecule has 0 radical (unpaired) electrons. The van der Waals surface area contributed by atoms with Crippen molar-refractivity contribution in [2.24, 2.45) is 17.3 Å². The Bertz CT molecular complexity index is 219. The molecule has 2 atom stereocenters. The van der Waals surface area contributed by atoms with E-state index >= 15 is 0 Å². The maximum atomic E-state index is 10.4. The standard InChI is InChI=1S/C12H20O/c1-2-11-4-9-3-10(5-11)7-12(13,6-9)8-11/h9-10,13H,2-8H2,1H3/t9-,10-,11?,12?/m0/s1. The lowest BCUT2D eigenvalue weighted by Crippen LogP contribution is -2.55. The molecule has 0 aliphatic heterocycles. The molecule has 0 amide bonds. The largest absolute Gasteiger partial charge is 0.390 e. The Hall–Kier alpha value is -0.0400. The zero-order valence-corrected chi connectivity index (χ0v) is 8.55. The summed E-state index contributed by atoms with van der Waals surface area (Å²) in [5, 5.41) is 10.4. The highest BCUT2D eigenvalue weighted by atomic mass is 16.3. The van der Waals surface area contributed by atoms with Gasteiger partial charge in [-0.3, -0.25) is 0 Å². The Balaban J connectivity index is 1.95. The number of rotatable bonds is 1. The van der Waals surface area contributed by atoms with Crippen LogP contribution in [0, 0.1) is 17.3 Å². The molecule has 0 spiro atoms. The summed E-state index contributed by atoms with van der Waals surface area (Å²) in [7, 11) is 0. The van der Waals surface area contributed by atoms with Crippen LogP contribution in [0.4, 0.5) is 0 Å². The van der Waals surface area contributed by atoms with Gasteiger partial charge < -0.3 is 5.11 Å². The molecule has 4 saturated carbocycles. The molecule has 4 rings (SSSR count). The van der Waals surface area contributed by atoms with E-state index in [-0.39, 0.29) is 5.60 Å². The van der Waals surface area contributed by atoms with Crippen molar-refractivity contribution in [3.63, 3.8) is 0 Å². The van der Waals surface area contributed by atoms with Crippen molar-refractivity contribution in [1.29, 1.82) is 0 Å². The van der Waals surface area contributed by atoms with Crippen molar-refractivity contribution in [3.05, 3.63) is 0 Å². The van der Waals surface area contributed by atoms with Crippen LogP contribution < -0.4 is 0 Å². The minimum Gasteiger partial charge on any atom is -0.390 e. The first-order chi connectivity index (χ1) is 6.13. The zero-order chi connectivity index (χ0) is 9.10. The van der Waals surface area contributed by atoms with E-state index in [2.05, 4.69) is 6.92 Å². The Morgan fingerprint density at radius 2 is 1.77 bits per heavy atom. The van der Waals surface area contributed by atoms with Crippen LogP contribution in [0.1, 0.15) is 51.9 Å². The van der Waals surface area contributed by atoms with Crippen molar-refractivity contribution >= 4 is 0 Å². The Morgan fingerprint density at radius 3 is 2.23 bits per heavy atom. The molecule has 4 bridgehead atoms. The highest BCUT2D eigenvalue weighted by Gasteiger charge is 2.56. The second kappa shape index (κ2) is 2.31. The number of hydrogen-bond donors (Lipinski definition) is 1. The highest BCUT2D eigenvalue weighted by Crippen LogP contribution is 2.62. The first-order valence-corrected chi connectivity index (χ1v) is 5.86. The number of hydrogen-bond acceptors (Lipinski definition) is 1. The molecule has 4 aliphatic rings. The molecule has 74 valence electrons. The topological polar surface area (TPSA) is 20.2 Å². The summed E-state index contributed by atoms with van der Waals surface area (Å²) >= 11 is 0. The minimum absolute atomic E-state index is 0.236. The Morgan fingerprint density at radius 1 is 1.15 bits per heavy atom. The highest BCUT2D eigenvalue weighted by molar-refractivity contribution is 5.07. The smallest absolute Gasteiger partial charge is 0.0658 e. The van der Waals surface area contributed by atoms with Crippen LogP contribution in [0.15, 0.2) is 0 Å². The minimum atomic E-state index is -0.236. The summed E-state index contributed by atoms with van der Waals surface area (Å²) in [5.41, 5.74) is 0.318. The molecule has 0 heterocycles. The molecule has 4 fully saturated rings. The number of aliphatic hydroxyl groups is 1. The van der Waals surface area contributed by atoms with E-state index in [0.717, 1.165) is 31.1 Å². The maximum absolute atomic E-state index is 10.4. The van der Waals surface area contributed by atoms with Crippen LogP contribution in [0.5, 0.6) is 0 Å². The lowest BCUT2D eigenvalue weighted by atomic mass is 9.47. The van der Waals surface area contributed by atoms with Gasteiger partial charge in [0.2, 0.25) is 0 Å². The molecular formula is C12H20O. The van der Waals surface area contributed by atoms with Gasteiger partial charge in [-0.05, 0) is 55.8 Å². The zero-order valence-electron chi connectivity index (χ0n) is 8.55. The molecule has 0 unspecified atom stereocenters. The van der Waals surface area contributed by atoms with Gasteiger partial charge in [0.1, 0.15) is 0 Å². The van der Waals surface area contributed by atoms with Gasteiger partial charge >= 0.3 is 0 Å². The van der Waals surface area contributed by atoms with E-state index in [1.54, 1.807) is 0 Å². The molecule has 0 aromatic rings. The van der Waals surface area contributed by atoms with Crippen molar-refractivity contribution in [1.82, 2.24) is 0 Å². The van der Waals surface area contributed by atoms with E-state index < -0.39 is 0 Å². The van der Waals surface area contributed by atoms with Gasteiger partial charge in [0.05, 0.1) is 5.60 Å².